The van der Waals surface area contributed by atoms with E-state index in [4.69, 9.17) is 4.42 Å². The maximum absolute atomic E-state index is 5.96. The number of hydrogen-bond donors (Lipinski definition) is 0. The van der Waals surface area contributed by atoms with Crippen LogP contribution in [-0.2, 0) is 6.54 Å². The number of thiazole rings is 1. The molecule has 0 amide bonds. The number of piperidine rings is 1. The molecule has 4 rings (SSSR count). The van der Waals surface area contributed by atoms with E-state index < -0.39 is 0 Å². The molecule has 7 heteroatoms. The fourth-order valence-corrected chi connectivity index (χ4v) is 4.49. The summed E-state index contributed by atoms with van der Waals surface area (Å²) in [6, 6.07) is 4.31. The van der Waals surface area contributed by atoms with Crippen molar-refractivity contribution in [2.24, 2.45) is 0 Å². The second-order valence-corrected chi connectivity index (χ2v) is 7.75. The van der Waals surface area contributed by atoms with Crippen molar-refractivity contribution in [2.75, 3.05) is 13.1 Å². The number of rotatable bonds is 4. The zero-order chi connectivity index (χ0) is 15.6. The molecule has 1 fully saturated rings. The molecule has 1 saturated heterocycles. The lowest BCUT2D eigenvalue weighted by Gasteiger charge is -2.30. The highest BCUT2D eigenvalue weighted by atomic mass is 32.1. The molecule has 0 saturated carbocycles. The summed E-state index contributed by atoms with van der Waals surface area (Å²) in [5.74, 6) is 1.71. The van der Waals surface area contributed by atoms with Crippen molar-refractivity contribution >= 4 is 22.7 Å². The average molecular weight is 346 g/mol. The summed E-state index contributed by atoms with van der Waals surface area (Å²) in [5.41, 5.74) is 2.77. The Hall–Kier alpha value is -1.57. The maximum atomic E-state index is 5.96. The molecular weight excluding hydrogens is 328 g/mol. The quantitative estimate of drug-likeness (QED) is 0.716. The fourth-order valence-electron chi connectivity index (χ4n) is 3.02. The van der Waals surface area contributed by atoms with E-state index in [1.54, 1.807) is 11.3 Å². The predicted molar refractivity (Wildman–Crippen MR) is 91.7 cm³/mol. The molecule has 120 valence electrons. The molecule has 0 spiro atoms. The highest BCUT2D eigenvalue weighted by Gasteiger charge is 2.26. The lowest BCUT2D eigenvalue weighted by atomic mass is 9.98. The molecule has 0 N–H and O–H groups in total. The van der Waals surface area contributed by atoms with Crippen molar-refractivity contribution in [1.82, 2.24) is 20.1 Å². The first-order valence-corrected chi connectivity index (χ1v) is 9.54. The molecule has 0 aliphatic carbocycles. The van der Waals surface area contributed by atoms with Gasteiger partial charge in [-0.15, -0.1) is 32.9 Å². The van der Waals surface area contributed by atoms with Gasteiger partial charge in [-0.25, -0.2) is 4.98 Å². The van der Waals surface area contributed by atoms with E-state index in [-0.39, 0.29) is 0 Å². The molecule has 1 atom stereocenters. The topological polar surface area (TPSA) is 55.1 Å². The molecular formula is C16H18N4OS2. The SMILES string of the molecule is Cc1ncsc1-c1nnc(C2CCCN(Cc3cccs3)C2)o1. The maximum Gasteiger partial charge on any atom is 0.259 e. The number of thiophene rings is 1. The van der Waals surface area contributed by atoms with Gasteiger partial charge in [0.25, 0.3) is 5.89 Å². The van der Waals surface area contributed by atoms with Crippen molar-refractivity contribution in [3.63, 3.8) is 0 Å². The number of aryl methyl sites for hydroxylation is 1. The molecule has 1 unspecified atom stereocenters. The van der Waals surface area contributed by atoms with E-state index in [0.29, 0.717) is 11.8 Å². The lowest BCUT2D eigenvalue weighted by molar-refractivity contribution is 0.188. The number of nitrogens with zero attached hydrogens (tertiary/aromatic N) is 4. The molecule has 0 bridgehead atoms. The van der Waals surface area contributed by atoms with E-state index in [1.807, 2.05) is 23.8 Å². The van der Waals surface area contributed by atoms with Gasteiger partial charge in [0.1, 0.15) is 4.88 Å². The summed E-state index contributed by atoms with van der Waals surface area (Å²) >= 11 is 3.37. The summed E-state index contributed by atoms with van der Waals surface area (Å²) in [5, 5.41) is 10.7. The third-order valence-electron chi connectivity index (χ3n) is 4.19. The fraction of sp³-hybridized carbons (Fsp3) is 0.438. The van der Waals surface area contributed by atoms with Gasteiger partial charge in [0.05, 0.1) is 17.1 Å². The Labute approximate surface area is 143 Å². The Kier molecular flexibility index (Phi) is 4.24. The molecule has 0 radical (unpaired) electrons. The van der Waals surface area contributed by atoms with Crippen molar-refractivity contribution in [2.45, 2.75) is 32.2 Å². The highest BCUT2D eigenvalue weighted by molar-refractivity contribution is 7.13. The van der Waals surface area contributed by atoms with Gasteiger partial charge in [0.15, 0.2) is 0 Å². The third-order valence-corrected chi connectivity index (χ3v) is 5.97. The normalized spacial score (nSPS) is 19.3. The summed E-state index contributed by atoms with van der Waals surface area (Å²) in [6.45, 7) is 5.12. The van der Waals surface area contributed by atoms with Crippen LogP contribution in [-0.4, -0.2) is 33.2 Å². The van der Waals surface area contributed by atoms with Crippen LogP contribution in [0.4, 0.5) is 0 Å². The second-order valence-electron chi connectivity index (χ2n) is 5.87. The van der Waals surface area contributed by atoms with E-state index >= 15 is 0 Å². The first-order valence-electron chi connectivity index (χ1n) is 7.78. The molecule has 1 aliphatic heterocycles. The first-order chi connectivity index (χ1) is 11.3. The predicted octanol–water partition coefficient (Wildman–Crippen LogP) is 3.94. The Morgan fingerprint density at radius 2 is 2.30 bits per heavy atom. The van der Waals surface area contributed by atoms with Crippen molar-refractivity contribution in [3.05, 3.63) is 39.5 Å². The van der Waals surface area contributed by atoms with E-state index in [9.17, 15) is 0 Å². The Balaban J connectivity index is 1.47. The van der Waals surface area contributed by atoms with Crippen LogP contribution in [0.3, 0.4) is 0 Å². The minimum absolute atomic E-state index is 0.332. The summed E-state index contributed by atoms with van der Waals surface area (Å²) in [6.07, 6.45) is 2.29. The highest BCUT2D eigenvalue weighted by Crippen LogP contribution is 2.31. The minimum Gasteiger partial charge on any atom is -0.419 e. The van der Waals surface area contributed by atoms with Gasteiger partial charge in [-0.05, 0) is 37.8 Å². The number of likely N-dealkylation sites (tertiary alicyclic amines) is 1. The van der Waals surface area contributed by atoms with Crippen LogP contribution in [0.15, 0.2) is 27.4 Å². The van der Waals surface area contributed by atoms with Gasteiger partial charge in [-0.3, -0.25) is 4.90 Å². The smallest absolute Gasteiger partial charge is 0.259 e. The summed E-state index contributed by atoms with van der Waals surface area (Å²) in [7, 11) is 0. The van der Waals surface area contributed by atoms with Gasteiger partial charge < -0.3 is 4.42 Å². The molecule has 5 nitrogen and oxygen atoms in total. The minimum atomic E-state index is 0.332. The zero-order valence-corrected chi connectivity index (χ0v) is 14.6. The van der Waals surface area contributed by atoms with Gasteiger partial charge in [-0.2, -0.15) is 0 Å². The van der Waals surface area contributed by atoms with Crippen LogP contribution < -0.4 is 0 Å². The Morgan fingerprint density at radius 1 is 1.35 bits per heavy atom. The van der Waals surface area contributed by atoms with Crippen molar-refractivity contribution in [3.8, 4) is 10.8 Å². The van der Waals surface area contributed by atoms with Crippen molar-refractivity contribution in [1.29, 1.82) is 0 Å². The number of hydrogen-bond acceptors (Lipinski definition) is 7. The van der Waals surface area contributed by atoms with Gasteiger partial charge >= 0.3 is 0 Å². The Bertz CT molecular complexity index is 765. The van der Waals surface area contributed by atoms with E-state index in [1.165, 1.54) is 11.3 Å². The lowest BCUT2D eigenvalue weighted by Crippen LogP contribution is -2.33. The van der Waals surface area contributed by atoms with Gasteiger partial charge in [0.2, 0.25) is 5.89 Å². The second kappa shape index (κ2) is 6.51. The third kappa shape index (κ3) is 3.22. The summed E-state index contributed by atoms with van der Waals surface area (Å²) < 4.78 is 5.96. The van der Waals surface area contributed by atoms with Crippen LogP contribution in [0.2, 0.25) is 0 Å². The summed E-state index contributed by atoms with van der Waals surface area (Å²) in [4.78, 5) is 9.14. The van der Waals surface area contributed by atoms with E-state index in [0.717, 1.165) is 42.5 Å². The van der Waals surface area contributed by atoms with Crippen LogP contribution in [0, 0.1) is 6.92 Å². The van der Waals surface area contributed by atoms with Crippen LogP contribution in [0.5, 0.6) is 0 Å². The zero-order valence-electron chi connectivity index (χ0n) is 12.9. The largest absolute Gasteiger partial charge is 0.419 e. The number of aromatic nitrogens is 3. The Morgan fingerprint density at radius 3 is 3.09 bits per heavy atom. The van der Waals surface area contributed by atoms with Gasteiger partial charge in [-0.1, -0.05) is 6.07 Å². The van der Waals surface area contributed by atoms with Crippen LogP contribution >= 0.6 is 22.7 Å². The molecule has 1 aliphatic rings. The molecule has 23 heavy (non-hydrogen) atoms. The molecule has 3 aromatic rings. The molecule has 0 aromatic carbocycles. The monoisotopic (exact) mass is 346 g/mol. The first kappa shape index (κ1) is 15.0. The van der Waals surface area contributed by atoms with E-state index in [2.05, 4.69) is 37.6 Å². The molecule has 3 aromatic heterocycles. The van der Waals surface area contributed by atoms with Crippen molar-refractivity contribution < 1.29 is 4.42 Å². The van der Waals surface area contributed by atoms with Crippen LogP contribution in [0.1, 0.15) is 35.2 Å². The average Bonchev–Trinajstić information content (AvgIpc) is 3.28. The standard InChI is InChI=1S/C16H18N4OS2/c1-11-14(23-10-17-11)16-19-18-15(21-16)12-4-2-6-20(8-12)9-13-5-3-7-22-13/h3,5,7,10,12H,2,4,6,8-9H2,1H3. The van der Waals surface area contributed by atoms with Gasteiger partial charge in [0, 0.05) is 18.0 Å². The molecule has 4 heterocycles. The van der Waals surface area contributed by atoms with Crippen LogP contribution in [0.25, 0.3) is 10.8 Å².